The van der Waals surface area contributed by atoms with Crippen molar-refractivity contribution in [3.63, 3.8) is 0 Å². The maximum absolute atomic E-state index is 12.1. The maximum Gasteiger partial charge on any atom is 0.414 e. The van der Waals surface area contributed by atoms with Crippen molar-refractivity contribution in [2.24, 2.45) is 0 Å². The Labute approximate surface area is 161 Å². The van der Waals surface area contributed by atoms with Gasteiger partial charge in [0.05, 0.1) is 23.7 Å². The summed E-state index contributed by atoms with van der Waals surface area (Å²) in [5, 5.41) is 14.0. The molecule has 1 aliphatic rings. The Morgan fingerprint density at radius 2 is 2.07 bits per heavy atom. The first kappa shape index (κ1) is 19.2. The predicted octanol–water partition coefficient (Wildman–Crippen LogP) is 2.64. The summed E-state index contributed by atoms with van der Waals surface area (Å²) in [5.41, 5.74) is 0.963. The van der Waals surface area contributed by atoms with Gasteiger partial charge >= 0.3 is 11.8 Å². The van der Waals surface area contributed by atoms with E-state index in [1.807, 2.05) is 30.3 Å². The molecular weight excluding hydrogens is 366 g/mol. The van der Waals surface area contributed by atoms with E-state index >= 15 is 0 Å². The smallest absolute Gasteiger partial charge is 0.414 e. The molecule has 2 aromatic rings. The normalized spacial score (nSPS) is 15.8. The second-order valence-electron chi connectivity index (χ2n) is 6.24. The minimum absolute atomic E-state index is 0.111. The Morgan fingerprint density at radius 1 is 1.32 bits per heavy atom. The number of hydrogen-bond acceptors (Lipinski definition) is 6. The van der Waals surface area contributed by atoms with Crippen LogP contribution in [0.3, 0.4) is 0 Å². The minimum atomic E-state index is -0.623. The van der Waals surface area contributed by atoms with E-state index in [1.165, 1.54) is 24.0 Å². The Kier molecular flexibility index (Phi) is 5.73. The molecule has 0 saturated carbocycles. The molecule has 146 valence electrons. The zero-order valence-electron chi connectivity index (χ0n) is 15.2. The average Bonchev–Trinajstić information content (AvgIpc) is 3.06. The highest BCUT2D eigenvalue weighted by Gasteiger charge is 2.33. The Morgan fingerprint density at radius 3 is 2.75 bits per heavy atom. The van der Waals surface area contributed by atoms with Crippen molar-refractivity contribution in [3.8, 4) is 5.75 Å². The van der Waals surface area contributed by atoms with Gasteiger partial charge in [-0.1, -0.05) is 30.3 Å². The minimum Gasteiger partial charge on any atom is -0.482 e. The molecule has 28 heavy (non-hydrogen) atoms. The van der Waals surface area contributed by atoms with Crippen LogP contribution in [-0.2, 0) is 16.1 Å². The van der Waals surface area contributed by atoms with Crippen molar-refractivity contribution in [3.05, 3.63) is 64.2 Å². The summed E-state index contributed by atoms with van der Waals surface area (Å²) in [7, 11) is 0. The summed E-state index contributed by atoms with van der Waals surface area (Å²) in [5.74, 6) is -0.120. The number of nitro benzene ring substituents is 1. The molecule has 0 aliphatic carbocycles. The lowest BCUT2D eigenvalue weighted by Gasteiger charge is -2.14. The molecule has 1 N–H and O–H groups in total. The molecular formula is C19H19N3O6. The lowest BCUT2D eigenvalue weighted by molar-refractivity contribution is -0.385. The summed E-state index contributed by atoms with van der Waals surface area (Å²) in [6.45, 7) is 1.91. The number of nitro groups is 1. The largest absolute Gasteiger partial charge is 0.482 e. The highest BCUT2D eigenvalue weighted by molar-refractivity contribution is 5.90. The van der Waals surface area contributed by atoms with E-state index in [4.69, 9.17) is 9.47 Å². The SMILES string of the molecule is CC(=O)NC[C@H]1CN(c2ccc(OCc3ccccc3)c([N+](=O)[O-])c2)C(=O)O1. The van der Waals surface area contributed by atoms with Crippen LogP contribution in [0.15, 0.2) is 48.5 Å². The quantitative estimate of drug-likeness (QED) is 0.579. The first-order valence-corrected chi connectivity index (χ1v) is 8.62. The zero-order chi connectivity index (χ0) is 20.1. The van der Waals surface area contributed by atoms with Gasteiger partial charge in [-0.2, -0.15) is 0 Å². The van der Waals surface area contributed by atoms with Crippen LogP contribution in [0, 0.1) is 10.1 Å². The fraction of sp³-hybridized carbons (Fsp3) is 0.263. The lowest BCUT2D eigenvalue weighted by Crippen LogP contribution is -2.33. The predicted molar refractivity (Wildman–Crippen MR) is 100 cm³/mol. The van der Waals surface area contributed by atoms with E-state index < -0.39 is 17.1 Å². The van der Waals surface area contributed by atoms with Crippen LogP contribution in [0.4, 0.5) is 16.2 Å². The van der Waals surface area contributed by atoms with Crippen molar-refractivity contribution in [2.45, 2.75) is 19.6 Å². The van der Waals surface area contributed by atoms with Crippen LogP contribution >= 0.6 is 0 Å². The number of nitrogens with zero attached hydrogens (tertiary/aromatic N) is 2. The third-order valence-corrected chi connectivity index (χ3v) is 4.14. The van der Waals surface area contributed by atoms with E-state index in [-0.39, 0.29) is 37.0 Å². The first-order valence-electron chi connectivity index (χ1n) is 8.62. The monoisotopic (exact) mass is 385 g/mol. The fourth-order valence-corrected chi connectivity index (χ4v) is 2.77. The first-order chi connectivity index (χ1) is 13.4. The van der Waals surface area contributed by atoms with Gasteiger partial charge < -0.3 is 14.8 Å². The van der Waals surface area contributed by atoms with Crippen molar-refractivity contribution in [1.82, 2.24) is 5.32 Å². The van der Waals surface area contributed by atoms with Gasteiger partial charge in [-0.25, -0.2) is 4.79 Å². The van der Waals surface area contributed by atoms with Crippen molar-refractivity contribution < 1.29 is 24.0 Å². The number of carbonyl (C=O) groups is 2. The Bertz CT molecular complexity index is 886. The molecule has 0 aromatic heterocycles. The number of nitrogens with one attached hydrogen (secondary N) is 1. The molecule has 9 nitrogen and oxygen atoms in total. The van der Waals surface area contributed by atoms with Gasteiger partial charge in [0, 0.05) is 13.0 Å². The van der Waals surface area contributed by atoms with Crippen molar-refractivity contribution in [2.75, 3.05) is 18.0 Å². The number of rotatable bonds is 7. The number of carbonyl (C=O) groups excluding carboxylic acids is 2. The van der Waals surface area contributed by atoms with E-state index in [1.54, 1.807) is 6.07 Å². The number of ether oxygens (including phenoxy) is 2. The third kappa shape index (κ3) is 4.56. The van der Waals surface area contributed by atoms with Gasteiger partial charge in [-0.15, -0.1) is 0 Å². The third-order valence-electron chi connectivity index (χ3n) is 4.14. The van der Waals surface area contributed by atoms with E-state index in [2.05, 4.69) is 5.32 Å². The number of amides is 2. The van der Waals surface area contributed by atoms with E-state index in [0.29, 0.717) is 5.69 Å². The molecule has 1 atom stereocenters. The molecule has 0 spiro atoms. The van der Waals surface area contributed by atoms with Gasteiger partial charge in [0.15, 0.2) is 5.75 Å². The molecule has 0 bridgehead atoms. The molecule has 3 rings (SSSR count). The van der Waals surface area contributed by atoms with E-state index in [0.717, 1.165) is 5.56 Å². The van der Waals surface area contributed by atoms with Gasteiger partial charge in [0.2, 0.25) is 5.91 Å². The van der Waals surface area contributed by atoms with Gasteiger partial charge in [-0.05, 0) is 17.7 Å². The summed E-state index contributed by atoms with van der Waals surface area (Å²) in [6, 6.07) is 13.6. The molecule has 1 heterocycles. The average molecular weight is 385 g/mol. The number of cyclic esters (lactones) is 1. The van der Waals surface area contributed by atoms with Gasteiger partial charge in [0.1, 0.15) is 12.7 Å². The topological polar surface area (TPSA) is 111 Å². The molecule has 0 unspecified atom stereocenters. The second-order valence-corrected chi connectivity index (χ2v) is 6.24. The standard InChI is InChI=1S/C19H19N3O6/c1-13(23)20-10-16-11-21(19(24)28-16)15-7-8-18(17(9-15)22(25)26)27-12-14-5-3-2-4-6-14/h2-9,16H,10-12H2,1H3,(H,20,23)/t16-/m0/s1. The van der Waals surface area contributed by atoms with Crippen LogP contribution in [-0.4, -0.2) is 36.1 Å². The molecule has 0 radical (unpaired) electrons. The highest BCUT2D eigenvalue weighted by Crippen LogP contribution is 2.33. The Hall–Kier alpha value is -3.62. The van der Waals surface area contributed by atoms with Crippen LogP contribution < -0.4 is 15.0 Å². The van der Waals surface area contributed by atoms with Gasteiger partial charge in [-0.3, -0.25) is 19.8 Å². The zero-order valence-corrected chi connectivity index (χ0v) is 15.2. The molecule has 1 fully saturated rings. The van der Waals surface area contributed by atoms with Crippen LogP contribution in [0.2, 0.25) is 0 Å². The number of benzene rings is 2. The molecule has 9 heteroatoms. The van der Waals surface area contributed by atoms with E-state index in [9.17, 15) is 19.7 Å². The molecule has 1 aliphatic heterocycles. The Balaban J connectivity index is 1.74. The summed E-state index contributed by atoms with van der Waals surface area (Å²) in [6.07, 6.45) is -1.15. The van der Waals surface area contributed by atoms with Crippen molar-refractivity contribution >= 4 is 23.4 Å². The summed E-state index contributed by atoms with van der Waals surface area (Å²) >= 11 is 0. The highest BCUT2D eigenvalue weighted by atomic mass is 16.6. The molecule has 2 amide bonds. The fourth-order valence-electron chi connectivity index (χ4n) is 2.77. The summed E-state index contributed by atoms with van der Waals surface area (Å²) < 4.78 is 10.8. The second kappa shape index (κ2) is 8.38. The number of anilines is 1. The van der Waals surface area contributed by atoms with Crippen molar-refractivity contribution in [1.29, 1.82) is 0 Å². The number of hydrogen-bond donors (Lipinski definition) is 1. The van der Waals surface area contributed by atoms with Crippen LogP contribution in [0.25, 0.3) is 0 Å². The van der Waals surface area contributed by atoms with Crippen LogP contribution in [0.1, 0.15) is 12.5 Å². The lowest BCUT2D eigenvalue weighted by atomic mass is 10.2. The van der Waals surface area contributed by atoms with Gasteiger partial charge in [0.25, 0.3) is 0 Å². The molecule has 1 saturated heterocycles. The molecule has 2 aromatic carbocycles. The maximum atomic E-state index is 12.1. The summed E-state index contributed by atoms with van der Waals surface area (Å²) in [4.78, 5) is 35.3. The van der Waals surface area contributed by atoms with Crippen LogP contribution in [0.5, 0.6) is 5.75 Å².